The number of unbranched alkanes of at least 4 members (excludes halogenated alkanes) is 14. The lowest BCUT2D eigenvalue weighted by molar-refractivity contribution is -0.134. The summed E-state index contributed by atoms with van der Waals surface area (Å²) in [5.41, 5.74) is 5.70. The highest BCUT2D eigenvalue weighted by Crippen LogP contribution is 2.13. The summed E-state index contributed by atoms with van der Waals surface area (Å²) in [7, 11) is 0. The molecular formula is C23H48N2O3. The van der Waals surface area contributed by atoms with Crippen LogP contribution in [0.5, 0.6) is 0 Å². The minimum Gasteiger partial charge on any atom is -0.481 e. The van der Waals surface area contributed by atoms with E-state index in [0.717, 1.165) is 19.8 Å². The number of aliphatic carboxylic acids is 1. The first-order valence-corrected chi connectivity index (χ1v) is 11.7. The number of hydrogen-bond donors (Lipinski definition) is 3. The molecule has 0 bridgehead atoms. The molecular weight excluding hydrogens is 352 g/mol. The van der Waals surface area contributed by atoms with Crippen LogP contribution in [-0.4, -0.2) is 23.1 Å². The van der Waals surface area contributed by atoms with Crippen molar-refractivity contribution in [2.45, 2.75) is 136 Å². The summed E-state index contributed by atoms with van der Waals surface area (Å²) < 4.78 is 0. The van der Waals surface area contributed by atoms with E-state index in [2.05, 4.69) is 12.2 Å². The van der Waals surface area contributed by atoms with Crippen molar-refractivity contribution in [1.29, 1.82) is 0 Å². The van der Waals surface area contributed by atoms with Gasteiger partial charge in [0.15, 0.2) is 0 Å². The third kappa shape index (κ3) is 29.7. The number of hydrogen-bond acceptors (Lipinski definition) is 3. The number of nitrogens with two attached hydrogens (primary N) is 1. The molecule has 0 aliphatic rings. The molecule has 0 saturated carbocycles. The number of carbonyl (C=O) groups is 2. The van der Waals surface area contributed by atoms with Crippen molar-refractivity contribution in [3.63, 3.8) is 0 Å². The standard InChI is InChI=1S/C21H44N2O.C2H4O2/c1-3-5-6-7-8-9-10-11-12-13-14-15-16-17-18-19-21(24)23-20(22)4-2;1-2(3)4/h20H,3-19,22H2,1-2H3,(H,23,24);1H3,(H,3,4). The molecule has 0 aliphatic carbocycles. The van der Waals surface area contributed by atoms with Crippen molar-refractivity contribution in [3.8, 4) is 0 Å². The van der Waals surface area contributed by atoms with Gasteiger partial charge >= 0.3 is 0 Å². The second-order valence-corrected chi connectivity index (χ2v) is 7.80. The number of carboxylic acids is 1. The summed E-state index contributed by atoms with van der Waals surface area (Å²) >= 11 is 0. The summed E-state index contributed by atoms with van der Waals surface area (Å²) in [6.45, 7) is 5.35. The Morgan fingerprint density at radius 2 is 1.07 bits per heavy atom. The fourth-order valence-corrected chi connectivity index (χ4v) is 3.04. The normalized spacial score (nSPS) is 11.4. The molecule has 28 heavy (non-hydrogen) atoms. The van der Waals surface area contributed by atoms with Gasteiger partial charge < -0.3 is 16.2 Å². The highest BCUT2D eigenvalue weighted by Gasteiger charge is 2.04. The van der Waals surface area contributed by atoms with Gasteiger partial charge in [0.2, 0.25) is 5.91 Å². The van der Waals surface area contributed by atoms with Crippen molar-refractivity contribution in [2.24, 2.45) is 5.73 Å². The number of nitrogens with one attached hydrogen (secondary N) is 1. The van der Waals surface area contributed by atoms with Crippen LogP contribution >= 0.6 is 0 Å². The lowest BCUT2D eigenvalue weighted by Crippen LogP contribution is -2.40. The van der Waals surface area contributed by atoms with Crippen LogP contribution in [0.15, 0.2) is 0 Å². The number of carbonyl (C=O) groups excluding carboxylic acids is 1. The van der Waals surface area contributed by atoms with Crippen molar-refractivity contribution in [1.82, 2.24) is 5.32 Å². The van der Waals surface area contributed by atoms with E-state index in [4.69, 9.17) is 15.6 Å². The van der Waals surface area contributed by atoms with E-state index >= 15 is 0 Å². The molecule has 0 aromatic heterocycles. The minimum absolute atomic E-state index is 0.110. The highest BCUT2D eigenvalue weighted by molar-refractivity contribution is 5.76. The molecule has 4 N–H and O–H groups in total. The Hall–Kier alpha value is -1.10. The number of rotatable bonds is 18. The highest BCUT2D eigenvalue weighted by atomic mass is 16.4. The van der Waals surface area contributed by atoms with Crippen LogP contribution in [0.3, 0.4) is 0 Å². The fourth-order valence-electron chi connectivity index (χ4n) is 3.04. The molecule has 0 heterocycles. The predicted octanol–water partition coefficient (Wildman–Crippen LogP) is 6.15. The van der Waals surface area contributed by atoms with Gasteiger partial charge in [-0.25, -0.2) is 0 Å². The average Bonchev–Trinajstić information content (AvgIpc) is 2.64. The van der Waals surface area contributed by atoms with E-state index in [1.165, 1.54) is 89.9 Å². The van der Waals surface area contributed by atoms with E-state index in [-0.39, 0.29) is 12.1 Å². The molecule has 0 aromatic rings. The lowest BCUT2D eigenvalue weighted by atomic mass is 10.0. The van der Waals surface area contributed by atoms with Gasteiger partial charge in [0, 0.05) is 13.3 Å². The quantitative estimate of drug-likeness (QED) is 0.190. The maximum Gasteiger partial charge on any atom is 0.300 e. The molecule has 0 radical (unpaired) electrons. The van der Waals surface area contributed by atoms with Crippen LogP contribution in [0.1, 0.15) is 130 Å². The molecule has 0 spiro atoms. The molecule has 0 rings (SSSR count). The van der Waals surface area contributed by atoms with Crippen molar-refractivity contribution < 1.29 is 14.7 Å². The molecule has 0 aliphatic heterocycles. The summed E-state index contributed by atoms with van der Waals surface area (Å²) in [6.07, 6.45) is 21.6. The third-order valence-electron chi connectivity index (χ3n) is 4.79. The van der Waals surface area contributed by atoms with Gasteiger partial charge in [0.25, 0.3) is 5.97 Å². The summed E-state index contributed by atoms with van der Waals surface area (Å²) in [5, 5.41) is 10.2. The topological polar surface area (TPSA) is 92.4 Å². The Labute approximate surface area is 174 Å². The molecule has 0 fully saturated rings. The Morgan fingerprint density at radius 3 is 1.39 bits per heavy atom. The van der Waals surface area contributed by atoms with Gasteiger partial charge in [0.1, 0.15) is 0 Å². The monoisotopic (exact) mass is 400 g/mol. The molecule has 1 amide bonds. The Morgan fingerprint density at radius 1 is 0.750 bits per heavy atom. The van der Waals surface area contributed by atoms with Crippen molar-refractivity contribution in [2.75, 3.05) is 0 Å². The second kappa shape index (κ2) is 23.9. The zero-order valence-electron chi connectivity index (χ0n) is 18.9. The van der Waals surface area contributed by atoms with Crippen molar-refractivity contribution in [3.05, 3.63) is 0 Å². The van der Waals surface area contributed by atoms with Crippen LogP contribution in [0.4, 0.5) is 0 Å². The smallest absolute Gasteiger partial charge is 0.300 e. The number of amides is 1. The predicted molar refractivity (Wildman–Crippen MR) is 119 cm³/mol. The average molecular weight is 401 g/mol. The first kappa shape index (κ1) is 29.1. The Kier molecular flexibility index (Phi) is 24.9. The van der Waals surface area contributed by atoms with Gasteiger partial charge in [-0.2, -0.15) is 0 Å². The maximum absolute atomic E-state index is 11.6. The van der Waals surface area contributed by atoms with Crippen LogP contribution in [0, 0.1) is 0 Å². The van der Waals surface area contributed by atoms with E-state index in [1.54, 1.807) is 0 Å². The van der Waals surface area contributed by atoms with Gasteiger partial charge in [-0.1, -0.05) is 104 Å². The van der Waals surface area contributed by atoms with E-state index in [1.807, 2.05) is 6.92 Å². The van der Waals surface area contributed by atoms with Gasteiger partial charge in [-0.05, 0) is 12.8 Å². The first-order valence-electron chi connectivity index (χ1n) is 11.7. The summed E-state index contributed by atoms with van der Waals surface area (Å²) in [6, 6.07) is 0. The Bertz CT molecular complexity index is 345. The van der Waals surface area contributed by atoms with Crippen molar-refractivity contribution >= 4 is 11.9 Å². The maximum atomic E-state index is 11.6. The second-order valence-electron chi connectivity index (χ2n) is 7.80. The summed E-state index contributed by atoms with van der Waals surface area (Å²) in [4.78, 5) is 20.6. The SMILES string of the molecule is CC(=O)O.CCCCCCCCCCCCCCCCCC(=O)NC(N)CC. The first-order chi connectivity index (χ1) is 13.4. The van der Waals surface area contributed by atoms with E-state index in [9.17, 15) is 4.79 Å². The fraction of sp³-hybridized carbons (Fsp3) is 0.913. The van der Waals surface area contributed by atoms with E-state index in [0.29, 0.717) is 6.42 Å². The van der Waals surface area contributed by atoms with E-state index < -0.39 is 5.97 Å². The van der Waals surface area contributed by atoms with Crippen LogP contribution in [0.25, 0.3) is 0 Å². The zero-order valence-corrected chi connectivity index (χ0v) is 18.9. The molecule has 0 aromatic carbocycles. The molecule has 1 unspecified atom stereocenters. The lowest BCUT2D eigenvalue weighted by Gasteiger charge is -2.10. The molecule has 5 nitrogen and oxygen atoms in total. The van der Waals surface area contributed by atoms with Crippen LogP contribution < -0.4 is 11.1 Å². The minimum atomic E-state index is -0.833. The number of carboxylic acid groups (broad SMARTS) is 1. The van der Waals surface area contributed by atoms with Crippen LogP contribution in [0.2, 0.25) is 0 Å². The molecule has 5 heteroatoms. The molecule has 0 saturated heterocycles. The molecule has 1 atom stereocenters. The van der Waals surface area contributed by atoms with Gasteiger partial charge in [0.05, 0.1) is 6.17 Å². The Balaban J connectivity index is 0. The third-order valence-corrected chi connectivity index (χ3v) is 4.79. The van der Waals surface area contributed by atoms with Gasteiger partial charge in [-0.3, -0.25) is 9.59 Å². The van der Waals surface area contributed by atoms with Crippen LogP contribution in [-0.2, 0) is 9.59 Å². The largest absolute Gasteiger partial charge is 0.481 e. The zero-order chi connectivity index (χ0) is 21.5. The molecule has 168 valence electrons. The van der Waals surface area contributed by atoms with Gasteiger partial charge in [-0.15, -0.1) is 0 Å². The summed E-state index contributed by atoms with van der Waals surface area (Å²) in [5.74, 6) is -0.723.